The van der Waals surface area contributed by atoms with Gasteiger partial charge in [-0.3, -0.25) is 4.79 Å². The topological polar surface area (TPSA) is 84.0 Å². The van der Waals surface area contributed by atoms with Crippen LogP contribution in [-0.4, -0.2) is 61.4 Å². The summed E-state index contributed by atoms with van der Waals surface area (Å²) in [6, 6.07) is 8.84. The van der Waals surface area contributed by atoms with Crippen molar-refractivity contribution >= 4 is 21.9 Å². The molecule has 0 aromatic heterocycles. The fraction of sp³-hybridized carbons (Fsp3) is 0.636. The molecule has 2 atom stereocenters. The van der Waals surface area contributed by atoms with Gasteiger partial charge in [-0.05, 0) is 42.7 Å². The lowest BCUT2D eigenvalue weighted by molar-refractivity contribution is -0.128. The molecule has 2 aliphatic carbocycles. The fourth-order valence-corrected chi connectivity index (χ4v) is 7.77. The summed E-state index contributed by atoms with van der Waals surface area (Å²) < 4.78 is 33.5. The number of benzene rings is 1. The lowest BCUT2D eigenvalue weighted by atomic mass is 9.70. The summed E-state index contributed by atoms with van der Waals surface area (Å²) in [5.74, 6) is 0.743. The van der Waals surface area contributed by atoms with E-state index in [0.717, 1.165) is 6.42 Å². The van der Waals surface area contributed by atoms with Crippen LogP contribution < -0.4 is 4.74 Å². The fourth-order valence-electron chi connectivity index (χ4n) is 5.52. The van der Waals surface area contributed by atoms with Crippen LogP contribution in [0.2, 0.25) is 0 Å². The van der Waals surface area contributed by atoms with E-state index in [4.69, 9.17) is 4.74 Å². The summed E-state index contributed by atoms with van der Waals surface area (Å²) >= 11 is 0. The highest BCUT2D eigenvalue weighted by atomic mass is 32.2. The molecule has 2 saturated carbocycles. The molecule has 30 heavy (non-hydrogen) atoms. The monoisotopic (exact) mass is 434 g/mol. The molecular formula is C22H30N2O5S. The minimum atomic E-state index is -3.61. The van der Waals surface area contributed by atoms with Gasteiger partial charge in [0.15, 0.2) is 0 Å². The Labute approximate surface area is 178 Å². The van der Waals surface area contributed by atoms with Crippen molar-refractivity contribution in [1.82, 2.24) is 9.21 Å². The maximum atomic E-state index is 13.3. The number of carbonyl (C=O) groups excluding carboxylic acids is 2. The van der Waals surface area contributed by atoms with E-state index < -0.39 is 21.5 Å². The van der Waals surface area contributed by atoms with Crippen LogP contribution in [0.1, 0.15) is 39.5 Å². The second kappa shape index (κ2) is 7.64. The standard InChI is InChI=1S/C22H30N2O5S/c1-21(2)17-9-10-22(21,19(25)15-17)16-30(27,28)24-12-6-11-23(13-14-24)20(26)29-18-7-4-3-5-8-18/h3-5,7-8,17H,6,9-16H2,1-2H3/t17-,22+/m0/s1. The van der Waals surface area contributed by atoms with Gasteiger partial charge < -0.3 is 9.64 Å². The van der Waals surface area contributed by atoms with Crippen molar-refractivity contribution in [2.75, 3.05) is 31.9 Å². The van der Waals surface area contributed by atoms with Gasteiger partial charge in [0.05, 0.1) is 5.75 Å². The van der Waals surface area contributed by atoms with Crippen molar-refractivity contribution in [2.45, 2.75) is 39.5 Å². The van der Waals surface area contributed by atoms with Crippen LogP contribution in [0.3, 0.4) is 0 Å². The van der Waals surface area contributed by atoms with E-state index >= 15 is 0 Å². The van der Waals surface area contributed by atoms with Crippen LogP contribution in [0.25, 0.3) is 0 Å². The molecule has 0 N–H and O–H groups in total. The molecule has 1 aromatic carbocycles. The van der Waals surface area contributed by atoms with E-state index in [1.54, 1.807) is 29.2 Å². The molecule has 1 amide bonds. The zero-order valence-corrected chi connectivity index (χ0v) is 18.5. The highest BCUT2D eigenvalue weighted by Gasteiger charge is 2.65. The first-order chi connectivity index (χ1) is 14.2. The second-order valence-electron chi connectivity index (χ2n) is 9.34. The van der Waals surface area contributed by atoms with Crippen LogP contribution in [0.5, 0.6) is 5.75 Å². The Kier molecular flexibility index (Phi) is 5.43. The third-order valence-corrected chi connectivity index (χ3v) is 9.63. The predicted molar refractivity (Wildman–Crippen MR) is 113 cm³/mol. The number of Topliss-reactive ketones (excluding diaryl/α,β-unsaturated/α-hetero) is 1. The molecular weight excluding hydrogens is 404 g/mol. The Morgan fingerprint density at radius 2 is 1.87 bits per heavy atom. The van der Waals surface area contributed by atoms with Gasteiger partial charge in [-0.25, -0.2) is 17.5 Å². The Morgan fingerprint density at radius 3 is 2.50 bits per heavy atom. The highest BCUT2D eigenvalue weighted by Crippen LogP contribution is 2.64. The van der Waals surface area contributed by atoms with Crippen molar-refractivity contribution in [1.29, 1.82) is 0 Å². The molecule has 7 nitrogen and oxygen atoms in total. The first kappa shape index (κ1) is 21.3. The smallest absolute Gasteiger partial charge is 0.410 e. The van der Waals surface area contributed by atoms with Crippen molar-refractivity contribution in [3.63, 3.8) is 0 Å². The summed E-state index contributed by atoms with van der Waals surface area (Å²) in [4.78, 5) is 26.8. The number of carbonyl (C=O) groups is 2. The third kappa shape index (κ3) is 3.54. The Morgan fingerprint density at radius 1 is 1.13 bits per heavy atom. The molecule has 1 heterocycles. The number of hydrogen-bond donors (Lipinski definition) is 0. The van der Waals surface area contributed by atoms with Gasteiger partial charge >= 0.3 is 6.09 Å². The molecule has 0 spiro atoms. The lowest BCUT2D eigenvalue weighted by Gasteiger charge is -2.37. The summed E-state index contributed by atoms with van der Waals surface area (Å²) in [5, 5.41) is 0. The number of sulfonamides is 1. The van der Waals surface area contributed by atoms with Crippen LogP contribution in [0, 0.1) is 16.7 Å². The molecule has 4 rings (SSSR count). The number of para-hydroxylation sites is 1. The van der Waals surface area contributed by atoms with Crippen molar-refractivity contribution in [3.05, 3.63) is 30.3 Å². The normalized spacial score (nSPS) is 29.1. The quantitative estimate of drug-likeness (QED) is 0.728. The van der Waals surface area contributed by atoms with E-state index in [2.05, 4.69) is 13.8 Å². The molecule has 164 valence electrons. The molecule has 0 radical (unpaired) electrons. The first-order valence-corrected chi connectivity index (χ1v) is 12.3. The molecule has 2 bridgehead atoms. The van der Waals surface area contributed by atoms with E-state index in [9.17, 15) is 18.0 Å². The molecule has 1 saturated heterocycles. The number of ketones is 1. The summed E-state index contributed by atoms with van der Waals surface area (Å²) in [6.45, 7) is 5.39. The summed E-state index contributed by atoms with van der Waals surface area (Å²) in [6.07, 6.45) is 2.15. The molecule has 8 heteroatoms. The number of fused-ring (bicyclic) bond motifs is 2. The average molecular weight is 435 g/mol. The molecule has 1 aromatic rings. The molecule has 3 aliphatic rings. The Bertz CT molecular complexity index is 930. The first-order valence-electron chi connectivity index (χ1n) is 10.7. The lowest BCUT2D eigenvalue weighted by Crippen LogP contribution is -2.47. The highest BCUT2D eigenvalue weighted by molar-refractivity contribution is 7.89. The minimum Gasteiger partial charge on any atom is -0.410 e. The molecule has 0 unspecified atom stereocenters. The van der Waals surface area contributed by atoms with E-state index in [0.29, 0.717) is 38.1 Å². The maximum absolute atomic E-state index is 13.3. The van der Waals surface area contributed by atoms with Gasteiger partial charge in [-0.15, -0.1) is 0 Å². The minimum absolute atomic E-state index is 0.107. The van der Waals surface area contributed by atoms with E-state index in [-0.39, 0.29) is 36.0 Å². The molecule has 3 fully saturated rings. The Hall–Kier alpha value is -1.93. The zero-order chi connectivity index (χ0) is 21.6. The van der Waals surface area contributed by atoms with Crippen molar-refractivity contribution in [2.24, 2.45) is 16.7 Å². The van der Waals surface area contributed by atoms with Crippen molar-refractivity contribution in [3.8, 4) is 5.75 Å². The number of ether oxygens (including phenoxy) is 1. The summed E-state index contributed by atoms with van der Waals surface area (Å²) in [7, 11) is -3.61. The van der Waals surface area contributed by atoms with E-state index in [1.165, 1.54) is 4.31 Å². The average Bonchev–Trinajstić information content (AvgIpc) is 2.93. The molecule has 1 aliphatic heterocycles. The van der Waals surface area contributed by atoms with Crippen molar-refractivity contribution < 1.29 is 22.7 Å². The van der Waals surface area contributed by atoms with Gasteiger partial charge in [0.2, 0.25) is 10.0 Å². The summed E-state index contributed by atoms with van der Waals surface area (Å²) in [5.41, 5.74) is -1.05. The zero-order valence-electron chi connectivity index (χ0n) is 17.7. The van der Waals surface area contributed by atoms with Crippen LogP contribution >= 0.6 is 0 Å². The van der Waals surface area contributed by atoms with E-state index in [1.807, 2.05) is 6.07 Å². The van der Waals surface area contributed by atoms with Crippen LogP contribution in [0.15, 0.2) is 30.3 Å². The van der Waals surface area contributed by atoms with Gasteiger partial charge in [-0.2, -0.15) is 0 Å². The SMILES string of the molecule is CC1(C)[C@H]2CC[C@@]1(CS(=O)(=O)N1CCCN(C(=O)Oc3ccccc3)CC1)C(=O)C2. The van der Waals surface area contributed by atoms with Gasteiger partial charge in [0.1, 0.15) is 11.5 Å². The number of hydrogen-bond acceptors (Lipinski definition) is 5. The number of rotatable bonds is 4. The van der Waals surface area contributed by atoms with Crippen LogP contribution in [0.4, 0.5) is 4.79 Å². The van der Waals surface area contributed by atoms with Gasteiger partial charge in [0.25, 0.3) is 0 Å². The van der Waals surface area contributed by atoms with Crippen LogP contribution in [-0.2, 0) is 14.8 Å². The van der Waals surface area contributed by atoms with Gasteiger partial charge in [0, 0.05) is 38.0 Å². The number of nitrogens with zero attached hydrogens (tertiary/aromatic N) is 2. The predicted octanol–water partition coefficient (Wildman–Crippen LogP) is 2.92. The van der Waals surface area contributed by atoms with Gasteiger partial charge in [-0.1, -0.05) is 32.0 Å². The Balaban J connectivity index is 1.43. The second-order valence-corrected chi connectivity index (χ2v) is 11.3. The maximum Gasteiger partial charge on any atom is 0.415 e. The third-order valence-electron chi connectivity index (χ3n) is 7.62. The number of amides is 1. The largest absolute Gasteiger partial charge is 0.415 e.